The number of hydrogen-bond acceptors (Lipinski definition) is 3. The van der Waals surface area contributed by atoms with Crippen molar-refractivity contribution < 1.29 is 4.21 Å². The highest BCUT2D eigenvalue weighted by atomic mass is 32.2. The second kappa shape index (κ2) is 8.00. The maximum atomic E-state index is 10.7. The van der Waals surface area contributed by atoms with Crippen LogP contribution in [0.5, 0.6) is 0 Å². The molecule has 0 amide bonds. The predicted octanol–water partition coefficient (Wildman–Crippen LogP) is -0.816. The normalized spacial score (nSPS) is 13.9. The number of aliphatic imine (C=N–C) groups is 1. The molecule has 0 bridgehead atoms. The second-order valence-corrected chi connectivity index (χ2v) is 4.13. The van der Waals surface area contributed by atoms with Crippen LogP contribution in [0.1, 0.15) is 13.3 Å². The fourth-order valence-electron chi connectivity index (χ4n) is 0.689. The summed E-state index contributed by atoms with van der Waals surface area (Å²) in [6.07, 6.45) is 2.65. The van der Waals surface area contributed by atoms with Gasteiger partial charge < -0.3 is 5.32 Å². The van der Waals surface area contributed by atoms with E-state index in [0.29, 0.717) is 18.3 Å². The summed E-state index contributed by atoms with van der Waals surface area (Å²) >= 11 is 0. The molecule has 4 N–H and O–H groups in total. The van der Waals surface area contributed by atoms with E-state index in [2.05, 4.69) is 15.7 Å². The molecule has 0 saturated heterocycles. The van der Waals surface area contributed by atoms with Crippen LogP contribution < -0.4 is 16.6 Å². The van der Waals surface area contributed by atoms with E-state index >= 15 is 0 Å². The van der Waals surface area contributed by atoms with Crippen LogP contribution in [-0.4, -0.2) is 35.3 Å². The molecule has 6 heteroatoms. The molecule has 78 valence electrons. The molecule has 1 atom stereocenters. The first-order valence-electron chi connectivity index (χ1n) is 4.25. The van der Waals surface area contributed by atoms with E-state index < -0.39 is 10.8 Å². The molecule has 0 rings (SSSR count). The minimum Gasteiger partial charge on any atom is -0.354 e. The van der Waals surface area contributed by atoms with Crippen molar-refractivity contribution in [2.75, 3.05) is 25.1 Å². The Kier molecular flexibility index (Phi) is 7.62. The Morgan fingerprint density at radius 2 is 2.31 bits per heavy atom. The third-order valence-corrected chi connectivity index (χ3v) is 2.09. The maximum Gasteiger partial charge on any atom is 0.205 e. The number of nitrogens with one attached hydrogen (secondary N) is 2. The monoisotopic (exact) mass is 206 g/mol. The summed E-state index contributed by atoms with van der Waals surface area (Å²) < 4.78 is 10.7. The predicted molar refractivity (Wildman–Crippen MR) is 56.9 cm³/mol. The van der Waals surface area contributed by atoms with Gasteiger partial charge in [0.15, 0.2) is 0 Å². The Hall–Kier alpha value is -0.620. The van der Waals surface area contributed by atoms with E-state index in [4.69, 9.17) is 5.84 Å². The van der Waals surface area contributed by atoms with Gasteiger partial charge in [0, 0.05) is 35.9 Å². The molecule has 0 radical (unpaired) electrons. The summed E-state index contributed by atoms with van der Waals surface area (Å²) in [5.74, 6) is 6.38. The van der Waals surface area contributed by atoms with Gasteiger partial charge in [-0.25, -0.2) is 5.84 Å². The first kappa shape index (κ1) is 12.4. The van der Waals surface area contributed by atoms with E-state index in [1.165, 1.54) is 0 Å². The van der Waals surface area contributed by atoms with Crippen LogP contribution in [0.2, 0.25) is 0 Å². The van der Waals surface area contributed by atoms with Gasteiger partial charge in [-0.2, -0.15) is 0 Å². The van der Waals surface area contributed by atoms with Crippen LogP contribution in [0.3, 0.4) is 0 Å². The summed E-state index contributed by atoms with van der Waals surface area (Å²) in [7, 11) is -0.776. The van der Waals surface area contributed by atoms with Crippen LogP contribution in [0.25, 0.3) is 0 Å². The summed E-state index contributed by atoms with van der Waals surface area (Å²) in [6, 6.07) is 0. The molecule has 0 aliphatic carbocycles. The van der Waals surface area contributed by atoms with Gasteiger partial charge in [-0.15, -0.1) is 0 Å². The lowest BCUT2D eigenvalue weighted by molar-refractivity contribution is 0.685. The van der Waals surface area contributed by atoms with Gasteiger partial charge in [-0.3, -0.25) is 14.6 Å². The van der Waals surface area contributed by atoms with Gasteiger partial charge in [-0.1, -0.05) is 6.92 Å². The van der Waals surface area contributed by atoms with E-state index in [-0.39, 0.29) is 0 Å². The Bertz CT molecular complexity index is 183. The summed E-state index contributed by atoms with van der Waals surface area (Å²) in [5, 5.41) is 2.96. The number of nitrogens with zero attached hydrogens (tertiary/aromatic N) is 1. The number of hydrazine groups is 1. The molecule has 0 aromatic carbocycles. The Morgan fingerprint density at radius 3 is 2.77 bits per heavy atom. The zero-order chi connectivity index (χ0) is 10.1. The highest BCUT2D eigenvalue weighted by Crippen LogP contribution is 1.78. The zero-order valence-corrected chi connectivity index (χ0v) is 8.99. The lowest BCUT2D eigenvalue weighted by Gasteiger charge is -2.07. The third-order valence-electron chi connectivity index (χ3n) is 1.31. The van der Waals surface area contributed by atoms with Gasteiger partial charge >= 0.3 is 0 Å². The summed E-state index contributed by atoms with van der Waals surface area (Å²) in [6.45, 7) is 3.40. The third kappa shape index (κ3) is 7.73. The molecule has 13 heavy (non-hydrogen) atoms. The SMILES string of the molecule is CCCN=C(NN)NCCS(C)=O. The summed E-state index contributed by atoms with van der Waals surface area (Å²) in [5.41, 5.74) is 2.45. The van der Waals surface area contributed by atoms with Crippen molar-refractivity contribution in [1.29, 1.82) is 0 Å². The van der Waals surface area contributed by atoms with Crippen molar-refractivity contribution in [3.63, 3.8) is 0 Å². The van der Waals surface area contributed by atoms with E-state index in [0.717, 1.165) is 13.0 Å². The molecule has 0 spiro atoms. The molecule has 0 saturated carbocycles. The molecular weight excluding hydrogens is 188 g/mol. The molecule has 0 aromatic heterocycles. The molecule has 0 heterocycles. The van der Waals surface area contributed by atoms with Crippen LogP contribution in [0.15, 0.2) is 4.99 Å². The fourth-order valence-corrected chi connectivity index (χ4v) is 1.08. The fraction of sp³-hybridized carbons (Fsp3) is 0.857. The number of hydrogen-bond donors (Lipinski definition) is 3. The highest BCUT2D eigenvalue weighted by molar-refractivity contribution is 7.84. The van der Waals surface area contributed by atoms with E-state index in [9.17, 15) is 4.21 Å². The van der Waals surface area contributed by atoms with Crippen molar-refractivity contribution in [1.82, 2.24) is 10.7 Å². The summed E-state index contributed by atoms with van der Waals surface area (Å²) in [4.78, 5) is 4.13. The smallest absolute Gasteiger partial charge is 0.205 e. The Balaban J connectivity index is 3.65. The van der Waals surface area contributed by atoms with Gasteiger partial charge in [0.05, 0.1) is 0 Å². The van der Waals surface area contributed by atoms with E-state index in [1.807, 2.05) is 6.92 Å². The number of guanidine groups is 1. The van der Waals surface area contributed by atoms with Crippen LogP contribution in [0, 0.1) is 0 Å². The average Bonchev–Trinajstić information content (AvgIpc) is 2.10. The van der Waals surface area contributed by atoms with Gasteiger partial charge in [0.25, 0.3) is 0 Å². The van der Waals surface area contributed by atoms with Gasteiger partial charge in [-0.05, 0) is 6.42 Å². The van der Waals surface area contributed by atoms with Crippen LogP contribution in [-0.2, 0) is 10.8 Å². The van der Waals surface area contributed by atoms with Crippen molar-refractivity contribution in [3.8, 4) is 0 Å². The molecule has 1 unspecified atom stereocenters. The lowest BCUT2D eigenvalue weighted by atomic mass is 10.5. The largest absolute Gasteiger partial charge is 0.354 e. The molecule has 5 nitrogen and oxygen atoms in total. The molecular formula is C7H18N4OS. The van der Waals surface area contributed by atoms with Crippen molar-refractivity contribution in [2.45, 2.75) is 13.3 Å². The zero-order valence-electron chi connectivity index (χ0n) is 8.17. The first-order chi connectivity index (χ1) is 6.20. The lowest BCUT2D eigenvalue weighted by Crippen LogP contribution is -2.43. The minimum absolute atomic E-state index is 0.562. The minimum atomic E-state index is -0.776. The molecule has 0 aliphatic heterocycles. The highest BCUT2D eigenvalue weighted by Gasteiger charge is 1.95. The molecule has 0 fully saturated rings. The standard InChI is InChI=1S/C7H18N4OS/c1-3-4-9-7(11-8)10-5-6-13(2)12/h3-6,8H2,1-2H3,(H2,9,10,11). The van der Waals surface area contributed by atoms with Gasteiger partial charge in [0.1, 0.15) is 0 Å². The Labute approximate surface area is 81.6 Å². The molecule has 0 aromatic rings. The van der Waals surface area contributed by atoms with Crippen molar-refractivity contribution in [3.05, 3.63) is 0 Å². The topological polar surface area (TPSA) is 79.5 Å². The molecule has 0 aliphatic rings. The van der Waals surface area contributed by atoms with Crippen molar-refractivity contribution in [2.24, 2.45) is 10.8 Å². The number of rotatable bonds is 5. The van der Waals surface area contributed by atoms with E-state index in [1.54, 1.807) is 6.26 Å². The van der Waals surface area contributed by atoms with Gasteiger partial charge in [0.2, 0.25) is 5.96 Å². The average molecular weight is 206 g/mol. The Morgan fingerprint density at radius 1 is 1.62 bits per heavy atom. The van der Waals surface area contributed by atoms with Crippen molar-refractivity contribution >= 4 is 16.8 Å². The second-order valence-electron chi connectivity index (χ2n) is 2.58. The quantitative estimate of drug-likeness (QED) is 0.238. The number of nitrogens with two attached hydrogens (primary N) is 1. The first-order valence-corrected chi connectivity index (χ1v) is 5.98. The van der Waals surface area contributed by atoms with Crippen LogP contribution in [0.4, 0.5) is 0 Å². The van der Waals surface area contributed by atoms with Crippen LogP contribution >= 0.6 is 0 Å². The maximum absolute atomic E-state index is 10.7.